The van der Waals surface area contributed by atoms with E-state index in [-0.39, 0.29) is 12.3 Å². The van der Waals surface area contributed by atoms with Crippen LogP contribution >= 0.6 is 0 Å². The Bertz CT molecular complexity index is 764. The molecule has 0 saturated carbocycles. The number of aromatic nitrogens is 2. The van der Waals surface area contributed by atoms with Crippen LogP contribution in [-0.4, -0.2) is 16.0 Å². The predicted octanol–water partition coefficient (Wildman–Crippen LogP) is 3.23. The summed E-state index contributed by atoms with van der Waals surface area (Å²) in [6.45, 7) is 2.01. The molecule has 3 rings (SSSR count). The number of carbonyl (C=O) groups excluding carboxylic acids is 1. The van der Waals surface area contributed by atoms with Gasteiger partial charge in [0.25, 0.3) is 5.89 Å². The van der Waals surface area contributed by atoms with Gasteiger partial charge in [0.15, 0.2) is 5.82 Å². The summed E-state index contributed by atoms with van der Waals surface area (Å²) in [4.78, 5) is 16.2. The highest BCUT2D eigenvalue weighted by Crippen LogP contribution is 2.17. The largest absolute Gasteiger partial charge is 0.334 e. The lowest BCUT2D eigenvalue weighted by molar-refractivity contribution is -0.115. The number of carbonyl (C=O) groups is 1. The number of para-hydroxylation sites is 1. The van der Waals surface area contributed by atoms with Gasteiger partial charge in [-0.05, 0) is 31.2 Å². The van der Waals surface area contributed by atoms with E-state index in [2.05, 4.69) is 15.5 Å². The molecule has 0 saturated heterocycles. The first-order valence-corrected chi connectivity index (χ1v) is 6.95. The van der Waals surface area contributed by atoms with Gasteiger partial charge in [0.2, 0.25) is 5.91 Å². The van der Waals surface area contributed by atoms with Crippen LogP contribution in [-0.2, 0) is 11.2 Å². The first-order valence-electron chi connectivity index (χ1n) is 6.95. The third-order valence-electron chi connectivity index (χ3n) is 3.14. The summed E-state index contributed by atoms with van der Waals surface area (Å²) >= 11 is 0. The van der Waals surface area contributed by atoms with E-state index in [9.17, 15) is 4.79 Å². The molecule has 5 heteroatoms. The summed E-state index contributed by atoms with van der Waals surface area (Å²) in [6, 6.07) is 17.0. The molecular weight excluding hydrogens is 278 g/mol. The summed E-state index contributed by atoms with van der Waals surface area (Å²) in [5, 5.41) is 6.64. The minimum Gasteiger partial charge on any atom is -0.334 e. The van der Waals surface area contributed by atoms with E-state index in [1.807, 2.05) is 61.5 Å². The molecule has 1 heterocycles. The Hall–Kier alpha value is -2.95. The second-order valence-corrected chi connectivity index (χ2v) is 4.97. The quantitative estimate of drug-likeness (QED) is 0.802. The molecule has 0 fully saturated rings. The van der Waals surface area contributed by atoms with Gasteiger partial charge in [-0.25, -0.2) is 0 Å². The second kappa shape index (κ2) is 6.22. The molecule has 1 amide bonds. The Balaban J connectivity index is 1.66. The third kappa shape index (κ3) is 3.38. The van der Waals surface area contributed by atoms with Gasteiger partial charge in [0.05, 0.1) is 6.42 Å². The Kier molecular flexibility index (Phi) is 3.96. The normalized spacial score (nSPS) is 10.4. The lowest BCUT2D eigenvalue weighted by Gasteiger charge is -2.01. The lowest BCUT2D eigenvalue weighted by atomic mass is 10.1. The van der Waals surface area contributed by atoms with Gasteiger partial charge < -0.3 is 9.84 Å². The number of anilines is 1. The van der Waals surface area contributed by atoms with Gasteiger partial charge in [0, 0.05) is 11.3 Å². The highest BCUT2D eigenvalue weighted by molar-refractivity contribution is 5.91. The van der Waals surface area contributed by atoms with Crippen molar-refractivity contribution in [2.24, 2.45) is 0 Å². The first kappa shape index (κ1) is 14.0. The van der Waals surface area contributed by atoms with Gasteiger partial charge in [-0.2, -0.15) is 4.98 Å². The highest BCUT2D eigenvalue weighted by atomic mass is 16.5. The van der Waals surface area contributed by atoms with E-state index in [1.54, 1.807) is 0 Å². The van der Waals surface area contributed by atoms with Gasteiger partial charge in [0.1, 0.15) is 0 Å². The van der Waals surface area contributed by atoms with Crippen molar-refractivity contribution >= 4 is 11.6 Å². The molecule has 3 aromatic rings. The molecule has 0 atom stereocenters. The fourth-order valence-electron chi connectivity index (χ4n) is 2.01. The van der Waals surface area contributed by atoms with Crippen molar-refractivity contribution in [1.82, 2.24) is 10.1 Å². The maximum Gasteiger partial charge on any atom is 0.257 e. The molecule has 0 radical (unpaired) electrons. The lowest BCUT2D eigenvalue weighted by Crippen LogP contribution is -2.15. The molecule has 0 aliphatic carbocycles. The fourth-order valence-corrected chi connectivity index (χ4v) is 2.01. The number of hydrogen-bond acceptors (Lipinski definition) is 4. The number of benzene rings is 2. The Labute approximate surface area is 128 Å². The van der Waals surface area contributed by atoms with Crippen LogP contribution in [0.1, 0.15) is 11.4 Å². The Morgan fingerprint density at radius 3 is 2.55 bits per heavy atom. The van der Waals surface area contributed by atoms with E-state index in [0.29, 0.717) is 11.7 Å². The number of hydrogen-bond donors (Lipinski definition) is 1. The van der Waals surface area contributed by atoms with Gasteiger partial charge >= 0.3 is 0 Å². The topological polar surface area (TPSA) is 68.0 Å². The SMILES string of the molecule is Cc1ccc(-c2nc(CC(=O)Nc3ccccc3)no2)cc1. The predicted molar refractivity (Wildman–Crippen MR) is 83.2 cm³/mol. The monoisotopic (exact) mass is 293 g/mol. The Morgan fingerprint density at radius 1 is 1.09 bits per heavy atom. The first-order chi connectivity index (χ1) is 10.7. The summed E-state index contributed by atoms with van der Waals surface area (Å²) in [5.74, 6) is 0.606. The van der Waals surface area contributed by atoms with Crippen LogP contribution in [0.5, 0.6) is 0 Å². The molecule has 0 bridgehead atoms. The molecule has 0 aliphatic heterocycles. The maximum atomic E-state index is 11.9. The molecular formula is C17H15N3O2. The average Bonchev–Trinajstić information content (AvgIpc) is 2.97. The molecule has 0 unspecified atom stereocenters. The number of rotatable bonds is 4. The van der Waals surface area contributed by atoms with E-state index in [0.717, 1.165) is 16.8 Å². The zero-order valence-electron chi connectivity index (χ0n) is 12.1. The van der Waals surface area contributed by atoms with Gasteiger partial charge in [-0.15, -0.1) is 0 Å². The van der Waals surface area contributed by atoms with E-state index < -0.39 is 0 Å². The van der Waals surface area contributed by atoms with Crippen molar-refractivity contribution < 1.29 is 9.32 Å². The Morgan fingerprint density at radius 2 is 1.82 bits per heavy atom. The van der Waals surface area contributed by atoms with Crippen LogP contribution in [0.2, 0.25) is 0 Å². The van der Waals surface area contributed by atoms with Crippen molar-refractivity contribution in [3.8, 4) is 11.5 Å². The smallest absolute Gasteiger partial charge is 0.257 e. The van der Waals surface area contributed by atoms with Crippen LogP contribution < -0.4 is 5.32 Å². The minimum atomic E-state index is -0.178. The van der Waals surface area contributed by atoms with Crippen LogP contribution in [0, 0.1) is 6.92 Å². The van der Waals surface area contributed by atoms with Crippen molar-refractivity contribution in [2.45, 2.75) is 13.3 Å². The third-order valence-corrected chi connectivity index (χ3v) is 3.14. The number of nitrogens with one attached hydrogen (secondary N) is 1. The molecule has 22 heavy (non-hydrogen) atoms. The van der Waals surface area contributed by atoms with Crippen molar-refractivity contribution in [1.29, 1.82) is 0 Å². The van der Waals surface area contributed by atoms with E-state index in [4.69, 9.17) is 4.52 Å². The minimum absolute atomic E-state index is 0.0737. The number of nitrogens with zero attached hydrogens (tertiary/aromatic N) is 2. The highest BCUT2D eigenvalue weighted by Gasteiger charge is 2.12. The summed E-state index contributed by atoms with van der Waals surface area (Å²) in [6.07, 6.45) is 0.0737. The summed E-state index contributed by atoms with van der Waals surface area (Å²) < 4.78 is 5.20. The molecule has 0 spiro atoms. The van der Waals surface area contributed by atoms with Crippen molar-refractivity contribution in [2.75, 3.05) is 5.32 Å². The van der Waals surface area contributed by atoms with E-state index >= 15 is 0 Å². The number of aryl methyl sites for hydroxylation is 1. The van der Waals surface area contributed by atoms with Crippen molar-refractivity contribution in [3.63, 3.8) is 0 Å². The van der Waals surface area contributed by atoms with Crippen molar-refractivity contribution in [3.05, 3.63) is 66.0 Å². The van der Waals surface area contributed by atoms with Crippen LogP contribution in [0.3, 0.4) is 0 Å². The summed E-state index contributed by atoms with van der Waals surface area (Å²) in [7, 11) is 0. The standard InChI is InChI=1S/C17H15N3O2/c1-12-7-9-13(10-8-12)17-19-15(20-22-17)11-16(21)18-14-5-3-2-4-6-14/h2-10H,11H2,1H3,(H,18,21). The van der Waals surface area contributed by atoms with E-state index in [1.165, 1.54) is 0 Å². The number of amides is 1. The van der Waals surface area contributed by atoms with Gasteiger partial charge in [-0.3, -0.25) is 4.79 Å². The average molecular weight is 293 g/mol. The molecule has 1 N–H and O–H groups in total. The van der Waals surface area contributed by atoms with Crippen LogP contribution in [0.4, 0.5) is 5.69 Å². The maximum absolute atomic E-state index is 11.9. The fraction of sp³-hybridized carbons (Fsp3) is 0.118. The summed E-state index contributed by atoms with van der Waals surface area (Å²) in [5.41, 5.74) is 2.74. The molecule has 1 aromatic heterocycles. The molecule has 110 valence electrons. The zero-order valence-corrected chi connectivity index (χ0v) is 12.1. The second-order valence-electron chi connectivity index (χ2n) is 4.97. The zero-order chi connectivity index (χ0) is 15.4. The van der Waals surface area contributed by atoms with Gasteiger partial charge in [-0.1, -0.05) is 41.1 Å². The van der Waals surface area contributed by atoms with Crippen LogP contribution in [0.15, 0.2) is 59.1 Å². The molecule has 5 nitrogen and oxygen atoms in total. The molecule has 0 aliphatic rings. The van der Waals surface area contributed by atoms with Crippen LogP contribution in [0.25, 0.3) is 11.5 Å². The molecule has 2 aromatic carbocycles.